The third-order valence-electron chi connectivity index (χ3n) is 7.67. The van der Waals surface area contributed by atoms with Crippen LogP contribution in [0.15, 0.2) is 47.4 Å². The molecule has 10 heteroatoms. The Kier molecular flexibility index (Phi) is 7.41. The maximum Gasteiger partial charge on any atom is 0.299 e. The Bertz CT molecular complexity index is 1300. The maximum atomic E-state index is 13.3. The molecule has 1 atom stereocenters. The van der Waals surface area contributed by atoms with Crippen molar-refractivity contribution in [3.8, 4) is 5.75 Å². The van der Waals surface area contributed by atoms with Crippen molar-refractivity contribution >= 4 is 35.7 Å². The van der Waals surface area contributed by atoms with Crippen LogP contribution in [0, 0.1) is 0 Å². The van der Waals surface area contributed by atoms with Gasteiger partial charge in [0.2, 0.25) is 18.3 Å². The molecule has 2 aliphatic heterocycles. The molecule has 0 radical (unpaired) electrons. The van der Waals surface area contributed by atoms with E-state index in [1.165, 1.54) is 21.3 Å². The summed E-state index contributed by atoms with van der Waals surface area (Å²) in [6.07, 6.45) is 1.48. The van der Waals surface area contributed by atoms with Gasteiger partial charge in [0.1, 0.15) is 5.75 Å². The number of amides is 1. The smallest absolute Gasteiger partial charge is 0.299 e. The molecule has 0 unspecified atom stereocenters. The van der Waals surface area contributed by atoms with E-state index in [1.807, 2.05) is 24.3 Å². The number of fused-ring (bicyclic) bond motifs is 1. The number of hydrogen-bond acceptors (Lipinski definition) is 6. The summed E-state index contributed by atoms with van der Waals surface area (Å²) in [5, 5.41) is 0.0729. The Morgan fingerprint density at radius 2 is 1.73 bits per heavy atom. The summed E-state index contributed by atoms with van der Waals surface area (Å²) in [5.41, 5.74) is 1.38. The number of anilines is 1. The van der Waals surface area contributed by atoms with Crippen LogP contribution < -0.4 is 9.33 Å². The highest BCUT2D eigenvalue weighted by Gasteiger charge is 2.40. The van der Waals surface area contributed by atoms with Crippen molar-refractivity contribution in [2.45, 2.75) is 69.2 Å². The molecular formula is C27H36N2O6SSi. The fourth-order valence-electron chi connectivity index (χ4n) is 4.51. The zero-order chi connectivity index (χ0) is 27.2. The number of sulfonamides is 1. The van der Waals surface area contributed by atoms with Crippen LogP contribution >= 0.6 is 0 Å². The lowest BCUT2D eigenvalue weighted by Gasteiger charge is -2.36. The molecule has 200 valence electrons. The van der Waals surface area contributed by atoms with Crippen molar-refractivity contribution in [2.75, 3.05) is 25.2 Å². The van der Waals surface area contributed by atoms with Gasteiger partial charge in [0.05, 0.1) is 29.3 Å². The lowest BCUT2D eigenvalue weighted by Crippen LogP contribution is -2.43. The zero-order valence-electron chi connectivity index (χ0n) is 22.4. The van der Waals surface area contributed by atoms with Crippen LogP contribution in [0.2, 0.25) is 18.1 Å². The molecule has 2 aromatic carbocycles. The van der Waals surface area contributed by atoms with Gasteiger partial charge in [-0.3, -0.25) is 9.59 Å². The van der Waals surface area contributed by atoms with Crippen LogP contribution in [-0.2, 0) is 26.1 Å². The number of hydrogen-bond donors (Lipinski definition) is 0. The van der Waals surface area contributed by atoms with Crippen LogP contribution in [0.25, 0.3) is 0 Å². The van der Waals surface area contributed by atoms with Gasteiger partial charge in [-0.15, -0.1) is 0 Å². The van der Waals surface area contributed by atoms with Gasteiger partial charge >= 0.3 is 0 Å². The number of benzene rings is 2. The topological polar surface area (TPSA) is 93.2 Å². The summed E-state index contributed by atoms with van der Waals surface area (Å²) in [6, 6.07) is 11.7. The van der Waals surface area contributed by atoms with E-state index in [0.717, 1.165) is 24.2 Å². The first-order chi connectivity index (χ1) is 17.3. The van der Waals surface area contributed by atoms with Crippen LogP contribution in [0.5, 0.6) is 5.75 Å². The van der Waals surface area contributed by atoms with E-state index in [1.54, 1.807) is 13.2 Å². The van der Waals surface area contributed by atoms with Crippen LogP contribution in [-0.4, -0.2) is 59.0 Å². The molecule has 1 amide bonds. The normalized spacial score (nSPS) is 19.0. The molecule has 1 fully saturated rings. The molecule has 2 heterocycles. The average molecular weight is 545 g/mol. The van der Waals surface area contributed by atoms with Gasteiger partial charge in [0.25, 0.3) is 11.7 Å². The highest BCUT2D eigenvalue weighted by Crippen LogP contribution is 2.38. The van der Waals surface area contributed by atoms with Crippen molar-refractivity contribution in [1.82, 2.24) is 4.31 Å². The van der Waals surface area contributed by atoms with E-state index in [9.17, 15) is 18.0 Å². The van der Waals surface area contributed by atoms with Crippen LogP contribution in [0.4, 0.5) is 5.69 Å². The van der Waals surface area contributed by atoms with Crippen molar-refractivity contribution in [1.29, 1.82) is 0 Å². The maximum absolute atomic E-state index is 13.3. The number of methoxy groups -OCH3 is 1. The molecule has 0 aromatic heterocycles. The van der Waals surface area contributed by atoms with E-state index in [-0.39, 0.29) is 28.1 Å². The SMILES string of the molecule is COC[C@@H]1CCCN1S(=O)(=O)c1ccc2c(c1)C(=O)C(=O)N2Cc1ccc(O[Si](C)(C)C(C)(C)C)cc1. The van der Waals surface area contributed by atoms with Gasteiger partial charge in [-0.25, -0.2) is 8.42 Å². The fourth-order valence-corrected chi connectivity index (χ4v) is 7.25. The largest absolute Gasteiger partial charge is 0.544 e. The Labute approximate surface area is 220 Å². The number of nitrogens with zero attached hydrogens (tertiary/aromatic N) is 2. The minimum Gasteiger partial charge on any atom is -0.544 e. The van der Waals surface area contributed by atoms with E-state index >= 15 is 0 Å². The van der Waals surface area contributed by atoms with E-state index < -0.39 is 30.0 Å². The molecule has 37 heavy (non-hydrogen) atoms. The number of rotatable bonds is 8. The minimum atomic E-state index is -3.82. The first-order valence-electron chi connectivity index (χ1n) is 12.6. The molecule has 0 spiro atoms. The van der Waals surface area contributed by atoms with Gasteiger partial charge in [-0.1, -0.05) is 32.9 Å². The van der Waals surface area contributed by atoms with E-state index in [4.69, 9.17) is 9.16 Å². The highest BCUT2D eigenvalue weighted by atomic mass is 32.2. The Morgan fingerprint density at radius 1 is 1.05 bits per heavy atom. The summed E-state index contributed by atoms with van der Waals surface area (Å²) >= 11 is 0. The zero-order valence-corrected chi connectivity index (χ0v) is 24.2. The number of Topliss-reactive ketones (excluding diaryl/α,β-unsaturated/α-hetero) is 1. The quantitative estimate of drug-likeness (QED) is 0.356. The Morgan fingerprint density at radius 3 is 2.35 bits per heavy atom. The number of carbonyl (C=O) groups is 2. The highest BCUT2D eigenvalue weighted by molar-refractivity contribution is 7.89. The second-order valence-corrected chi connectivity index (χ2v) is 17.9. The first kappa shape index (κ1) is 27.5. The minimum absolute atomic E-state index is 0.0179. The summed E-state index contributed by atoms with van der Waals surface area (Å²) in [5.74, 6) is -0.576. The lowest BCUT2D eigenvalue weighted by molar-refractivity contribution is -0.114. The Hall–Kier alpha value is -2.53. The summed E-state index contributed by atoms with van der Waals surface area (Å²) in [6.45, 7) is 11.8. The van der Waals surface area contributed by atoms with Crippen molar-refractivity contribution < 1.29 is 27.2 Å². The standard InChI is InChI=1S/C27H36N2O6SSi/c1-27(2,3)37(5,6)35-21-11-9-19(10-12-21)17-28-24-14-13-22(16-23(24)25(30)26(28)31)36(32,33)29-15-7-8-20(29)18-34-4/h9-14,16,20H,7-8,15,17-18H2,1-6H3/t20-/m0/s1. The van der Waals surface area contributed by atoms with Gasteiger partial charge in [0, 0.05) is 19.7 Å². The van der Waals surface area contributed by atoms with Gasteiger partial charge in [0.15, 0.2) is 0 Å². The second kappa shape index (κ2) is 9.98. The molecule has 1 saturated heterocycles. The molecule has 0 saturated carbocycles. The predicted octanol–water partition coefficient (Wildman–Crippen LogP) is 4.60. The summed E-state index contributed by atoms with van der Waals surface area (Å²) in [4.78, 5) is 27.1. The second-order valence-electron chi connectivity index (χ2n) is 11.3. The third kappa shape index (κ3) is 5.25. The summed E-state index contributed by atoms with van der Waals surface area (Å²) < 4.78 is 39.6. The average Bonchev–Trinajstić information content (AvgIpc) is 3.39. The fraction of sp³-hybridized carbons (Fsp3) is 0.481. The van der Waals surface area contributed by atoms with Crippen LogP contribution in [0.3, 0.4) is 0 Å². The number of ketones is 1. The third-order valence-corrected chi connectivity index (χ3v) is 14.0. The molecule has 4 rings (SSSR count). The number of ether oxygens (including phenoxy) is 1. The van der Waals surface area contributed by atoms with E-state index in [0.29, 0.717) is 18.8 Å². The Balaban J connectivity index is 1.55. The van der Waals surface area contributed by atoms with E-state index in [2.05, 4.69) is 33.9 Å². The molecular weight excluding hydrogens is 508 g/mol. The molecule has 2 aromatic rings. The molecule has 0 aliphatic carbocycles. The molecule has 0 N–H and O–H groups in total. The number of carbonyl (C=O) groups excluding carboxylic acids is 2. The van der Waals surface area contributed by atoms with Gasteiger partial charge in [-0.05, 0) is 66.9 Å². The first-order valence-corrected chi connectivity index (χ1v) is 16.9. The molecule has 8 nitrogen and oxygen atoms in total. The van der Waals surface area contributed by atoms with Gasteiger partial charge < -0.3 is 14.1 Å². The molecule has 2 aliphatic rings. The lowest BCUT2D eigenvalue weighted by atomic mass is 10.1. The van der Waals surface area contributed by atoms with Crippen molar-refractivity contribution in [2.24, 2.45) is 0 Å². The summed E-state index contributed by atoms with van der Waals surface area (Å²) in [7, 11) is -4.25. The van der Waals surface area contributed by atoms with Crippen LogP contribution in [0.1, 0.15) is 49.5 Å². The predicted molar refractivity (Wildman–Crippen MR) is 145 cm³/mol. The monoisotopic (exact) mass is 544 g/mol. The van der Waals surface area contributed by atoms with Gasteiger partial charge in [-0.2, -0.15) is 4.31 Å². The molecule has 0 bridgehead atoms. The van der Waals surface area contributed by atoms with Crippen molar-refractivity contribution in [3.05, 3.63) is 53.6 Å². The van der Waals surface area contributed by atoms with Crippen molar-refractivity contribution in [3.63, 3.8) is 0 Å².